The van der Waals surface area contributed by atoms with E-state index in [2.05, 4.69) is 15.3 Å². The molecule has 2 heterocycles. The van der Waals surface area contributed by atoms with Gasteiger partial charge >= 0.3 is 0 Å². The summed E-state index contributed by atoms with van der Waals surface area (Å²) in [5.41, 5.74) is 0.540. The molecule has 8 heteroatoms. The smallest absolute Gasteiger partial charge is 0.252 e. The van der Waals surface area contributed by atoms with Crippen LogP contribution in [0.4, 0.5) is 0 Å². The Morgan fingerprint density at radius 2 is 1.84 bits per heavy atom. The Kier molecular flexibility index (Phi) is 7.09. The number of aromatic nitrogens is 2. The summed E-state index contributed by atoms with van der Waals surface area (Å²) in [4.78, 5) is 22.2. The van der Waals surface area contributed by atoms with Crippen molar-refractivity contribution in [1.82, 2.24) is 15.3 Å². The molecule has 0 unspecified atom stereocenters. The fraction of sp³-hybridized carbons (Fsp3) is 0.125. The normalized spacial score (nSPS) is 11.7. The second kappa shape index (κ2) is 10.3. The lowest BCUT2D eigenvalue weighted by Crippen LogP contribution is -2.33. The van der Waals surface area contributed by atoms with Gasteiger partial charge in [0.1, 0.15) is 11.5 Å². The molecule has 0 saturated heterocycles. The van der Waals surface area contributed by atoms with Gasteiger partial charge in [-0.25, -0.2) is 9.97 Å². The van der Waals surface area contributed by atoms with Gasteiger partial charge in [-0.2, -0.15) is 0 Å². The van der Waals surface area contributed by atoms with Crippen molar-refractivity contribution in [3.63, 3.8) is 0 Å². The van der Waals surface area contributed by atoms with Gasteiger partial charge in [0.15, 0.2) is 5.03 Å². The lowest BCUT2D eigenvalue weighted by atomic mass is 10.1. The van der Waals surface area contributed by atoms with E-state index in [0.717, 1.165) is 10.7 Å². The van der Waals surface area contributed by atoms with Crippen LogP contribution in [0.2, 0.25) is 5.02 Å². The van der Waals surface area contributed by atoms with E-state index >= 15 is 0 Å². The fourth-order valence-corrected chi connectivity index (χ4v) is 3.86. The standard InChI is InChI=1S/C24H20ClN3O3S/c1-16(15-20-3-2-14-30-20)28-22(29)17-4-8-19(9-5-17)31-23-24(27-13-12-26-23)32-21-10-6-18(25)7-11-21/h2-14,16H,15H2,1H3,(H,28,29)/t16-/m0/s1. The van der Waals surface area contributed by atoms with Gasteiger partial charge < -0.3 is 14.5 Å². The molecule has 0 aliphatic rings. The van der Waals surface area contributed by atoms with E-state index in [1.54, 1.807) is 42.9 Å². The van der Waals surface area contributed by atoms with Gasteiger partial charge in [-0.15, -0.1) is 0 Å². The first-order valence-corrected chi connectivity index (χ1v) is 11.1. The number of nitrogens with zero attached hydrogens (tertiary/aromatic N) is 2. The Bertz CT molecular complexity index is 1170. The largest absolute Gasteiger partial charge is 0.469 e. The molecule has 0 radical (unpaired) electrons. The number of benzene rings is 2. The van der Waals surface area contributed by atoms with Crippen molar-refractivity contribution in [3.05, 3.63) is 95.7 Å². The van der Waals surface area contributed by atoms with Crippen molar-refractivity contribution in [2.45, 2.75) is 29.3 Å². The van der Waals surface area contributed by atoms with E-state index in [-0.39, 0.29) is 11.9 Å². The topological polar surface area (TPSA) is 77.2 Å². The maximum Gasteiger partial charge on any atom is 0.252 e. The third kappa shape index (κ3) is 5.90. The molecule has 4 aromatic rings. The van der Waals surface area contributed by atoms with Crippen molar-refractivity contribution in [3.8, 4) is 11.6 Å². The van der Waals surface area contributed by atoms with Crippen LogP contribution in [0.5, 0.6) is 11.6 Å². The number of halogens is 1. The first kappa shape index (κ1) is 21.9. The summed E-state index contributed by atoms with van der Waals surface area (Å²) in [6.07, 6.45) is 5.44. The minimum atomic E-state index is -0.158. The van der Waals surface area contributed by atoms with Crippen LogP contribution in [0.3, 0.4) is 0 Å². The van der Waals surface area contributed by atoms with Crippen molar-refractivity contribution >= 4 is 29.3 Å². The first-order valence-electron chi connectivity index (χ1n) is 9.92. The third-order valence-corrected chi connectivity index (χ3v) is 5.69. The molecule has 1 N–H and O–H groups in total. The fourth-order valence-electron chi connectivity index (χ4n) is 2.94. The molecule has 0 bridgehead atoms. The van der Waals surface area contributed by atoms with E-state index in [0.29, 0.717) is 33.7 Å². The number of nitrogens with one attached hydrogen (secondary N) is 1. The van der Waals surface area contributed by atoms with Crippen LogP contribution >= 0.6 is 23.4 Å². The monoisotopic (exact) mass is 465 g/mol. The van der Waals surface area contributed by atoms with E-state index in [1.165, 1.54) is 11.8 Å². The molecular weight excluding hydrogens is 446 g/mol. The molecule has 4 rings (SSSR count). The molecule has 1 amide bonds. The van der Waals surface area contributed by atoms with Crippen molar-refractivity contribution in [2.24, 2.45) is 0 Å². The molecule has 6 nitrogen and oxygen atoms in total. The number of rotatable bonds is 8. The zero-order valence-electron chi connectivity index (χ0n) is 17.2. The van der Waals surface area contributed by atoms with E-state index in [9.17, 15) is 4.79 Å². The molecule has 0 saturated carbocycles. The summed E-state index contributed by atoms with van der Waals surface area (Å²) in [5.74, 6) is 1.62. The van der Waals surface area contributed by atoms with Crippen LogP contribution in [0.25, 0.3) is 0 Å². The van der Waals surface area contributed by atoms with Crippen LogP contribution in [0, 0.1) is 0 Å². The lowest BCUT2D eigenvalue weighted by Gasteiger charge is -2.13. The number of hydrogen-bond acceptors (Lipinski definition) is 6. The van der Waals surface area contributed by atoms with Gasteiger partial charge in [0.05, 0.1) is 6.26 Å². The molecule has 1 atom stereocenters. The molecule has 0 aliphatic carbocycles. The Balaban J connectivity index is 1.39. The second-order valence-electron chi connectivity index (χ2n) is 7.01. The maximum absolute atomic E-state index is 12.5. The molecule has 2 aromatic carbocycles. The summed E-state index contributed by atoms with van der Waals surface area (Å²) in [6, 6.07) is 18.0. The summed E-state index contributed by atoms with van der Waals surface area (Å²) in [5, 5.41) is 4.27. The van der Waals surface area contributed by atoms with Crippen LogP contribution in [0.15, 0.2) is 93.7 Å². The second-order valence-corrected chi connectivity index (χ2v) is 8.51. The van der Waals surface area contributed by atoms with Crippen molar-refractivity contribution < 1.29 is 13.9 Å². The van der Waals surface area contributed by atoms with Crippen molar-refractivity contribution in [1.29, 1.82) is 0 Å². The van der Waals surface area contributed by atoms with Crippen LogP contribution in [0.1, 0.15) is 23.0 Å². The van der Waals surface area contributed by atoms with Crippen LogP contribution < -0.4 is 10.1 Å². The molecule has 2 aromatic heterocycles. The van der Waals surface area contributed by atoms with Gasteiger partial charge in [-0.1, -0.05) is 23.4 Å². The molecule has 0 aliphatic heterocycles. The molecule has 32 heavy (non-hydrogen) atoms. The highest BCUT2D eigenvalue weighted by molar-refractivity contribution is 7.99. The summed E-state index contributed by atoms with van der Waals surface area (Å²) in [6.45, 7) is 1.94. The minimum Gasteiger partial charge on any atom is -0.469 e. The summed E-state index contributed by atoms with van der Waals surface area (Å²) >= 11 is 7.38. The average molecular weight is 466 g/mol. The highest BCUT2D eigenvalue weighted by Crippen LogP contribution is 2.34. The lowest BCUT2D eigenvalue weighted by molar-refractivity contribution is 0.0939. The summed E-state index contributed by atoms with van der Waals surface area (Å²) in [7, 11) is 0. The van der Waals surface area contributed by atoms with Gasteiger partial charge in [0.2, 0.25) is 0 Å². The van der Waals surface area contributed by atoms with Gasteiger partial charge in [0.25, 0.3) is 11.8 Å². The number of carbonyl (C=O) groups excluding carboxylic acids is 1. The number of amides is 1. The highest BCUT2D eigenvalue weighted by Gasteiger charge is 2.13. The summed E-state index contributed by atoms with van der Waals surface area (Å²) < 4.78 is 11.3. The van der Waals surface area contributed by atoms with E-state index in [4.69, 9.17) is 20.8 Å². The third-order valence-electron chi connectivity index (χ3n) is 4.46. The quantitative estimate of drug-likeness (QED) is 0.342. The Morgan fingerprint density at radius 1 is 1.09 bits per heavy atom. The van der Waals surface area contributed by atoms with Gasteiger partial charge in [-0.3, -0.25) is 4.79 Å². The number of ether oxygens (including phenoxy) is 1. The molecular formula is C24H20ClN3O3S. The first-order chi connectivity index (χ1) is 15.6. The Morgan fingerprint density at radius 3 is 2.56 bits per heavy atom. The highest BCUT2D eigenvalue weighted by atomic mass is 35.5. The molecule has 0 spiro atoms. The predicted octanol–water partition coefficient (Wildman–Crippen LogP) is 6.03. The van der Waals surface area contributed by atoms with E-state index < -0.39 is 0 Å². The van der Waals surface area contributed by atoms with Crippen molar-refractivity contribution in [2.75, 3.05) is 0 Å². The zero-order valence-corrected chi connectivity index (χ0v) is 18.8. The predicted molar refractivity (Wildman–Crippen MR) is 123 cm³/mol. The van der Waals surface area contributed by atoms with E-state index in [1.807, 2.05) is 43.3 Å². The zero-order chi connectivity index (χ0) is 22.3. The molecule has 0 fully saturated rings. The minimum absolute atomic E-state index is 0.0587. The number of furan rings is 1. The van der Waals surface area contributed by atoms with Gasteiger partial charge in [0, 0.05) is 40.3 Å². The number of hydrogen-bond donors (Lipinski definition) is 1. The van der Waals surface area contributed by atoms with Crippen LogP contribution in [-0.2, 0) is 6.42 Å². The Labute approximate surface area is 195 Å². The molecule has 162 valence electrons. The maximum atomic E-state index is 12.5. The van der Waals surface area contributed by atoms with Crippen LogP contribution in [-0.4, -0.2) is 21.9 Å². The number of carbonyl (C=O) groups is 1. The SMILES string of the molecule is C[C@@H](Cc1ccco1)NC(=O)c1ccc(Oc2nccnc2Sc2ccc(Cl)cc2)cc1. The van der Waals surface area contributed by atoms with Gasteiger partial charge in [-0.05, 0) is 67.6 Å². The Hall–Kier alpha value is -3.29. The average Bonchev–Trinajstić information content (AvgIpc) is 3.30.